The van der Waals surface area contributed by atoms with Crippen LogP contribution in [0, 0.1) is 11.3 Å². The second-order valence-corrected chi connectivity index (χ2v) is 3.24. The van der Waals surface area contributed by atoms with Crippen LogP contribution in [-0.2, 0) is 0 Å². The SMILES string of the molecule is N#Cc1ccc(OC[C@@H]2CCN2)cn1. The lowest BCUT2D eigenvalue weighted by molar-refractivity contribution is 0.217. The molecule has 0 bridgehead atoms. The number of nitrogens with one attached hydrogen (secondary N) is 1. The minimum absolute atomic E-state index is 0.416. The number of rotatable bonds is 3. The van der Waals surface area contributed by atoms with Crippen molar-refractivity contribution in [2.45, 2.75) is 12.5 Å². The number of ether oxygens (including phenoxy) is 1. The number of hydrogen-bond acceptors (Lipinski definition) is 4. The maximum absolute atomic E-state index is 8.53. The highest BCUT2D eigenvalue weighted by Gasteiger charge is 2.16. The molecule has 1 aromatic heterocycles. The first-order valence-corrected chi connectivity index (χ1v) is 4.61. The molecule has 1 aliphatic heterocycles. The lowest BCUT2D eigenvalue weighted by Crippen LogP contribution is -2.46. The van der Waals surface area contributed by atoms with Crippen LogP contribution in [0.4, 0.5) is 0 Å². The fraction of sp³-hybridized carbons (Fsp3) is 0.400. The first kappa shape index (κ1) is 8.97. The van der Waals surface area contributed by atoms with Crippen LogP contribution in [0.2, 0.25) is 0 Å². The molecule has 4 nitrogen and oxygen atoms in total. The average Bonchev–Trinajstić information content (AvgIpc) is 2.16. The van der Waals surface area contributed by atoms with E-state index in [0.29, 0.717) is 18.3 Å². The molecule has 0 radical (unpaired) electrons. The Labute approximate surface area is 82.5 Å². The predicted molar refractivity (Wildman–Crippen MR) is 50.9 cm³/mol. The van der Waals surface area contributed by atoms with Crippen molar-refractivity contribution in [1.29, 1.82) is 5.26 Å². The lowest BCUT2D eigenvalue weighted by atomic mass is 10.1. The van der Waals surface area contributed by atoms with E-state index < -0.39 is 0 Å². The van der Waals surface area contributed by atoms with Gasteiger partial charge in [0.1, 0.15) is 24.1 Å². The maximum atomic E-state index is 8.53. The van der Waals surface area contributed by atoms with Crippen LogP contribution in [0.5, 0.6) is 5.75 Å². The molecule has 0 saturated carbocycles. The van der Waals surface area contributed by atoms with Gasteiger partial charge in [-0.05, 0) is 25.1 Å². The first-order chi connectivity index (χ1) is 6.88. The highest BCUT2D eigenvalue weighted by atomic mass is 16.5. The Kier molecular flexibility index (Phi) is 2.61. The fourth-order valence-electron chi connectivity index (χ4n) is 1.22. The van der Waals surface area contributed by atoms with Gasteiger partial charge in [0.25, 0.3) is 0 Å². The number of aromatic nitrogens is 1. The normalized spacial score (nSPS) is 19.5. The second kappa shape index (κ2) is 4.07. The summed E-state index contributed by atoms with van der Waals surface area (Å²) in [5.41, 5.74) is 0.416. The maximum Gasteiger partial charge on any atom is 0.140 e. The summed E-state index contributed by atoms with van der Waals surface area (Å²) < 4.78 is 5.47. The Hall–Kier alpha value is -1.60. The third kappa shape index (κ3) is 2.01. The molecule has 0 amide bonds. The molecule has 1 aromatic rings. The Morgan fingerprint density at radius 1 is 1.64 bits per heavy atom. The zero-order valence-electron chi connectivity index (χ0n) is 7.73. The summed E-state index contributed by atoms with van der Waals surface area (Å²) in [6.07, 6.45) is 2.75. The van der Waals surface area contributed by atoms with Gasteiger partial charge >= 0.3 is 0 Å². The molecule has 72 valence electrons. The van der Waals surface area contributed by atoms with Gasteiger partial charge in [0.15, 0.2) is 0 Å². The van der Waals surface area contributed by atoms with Gasteiger partial charge in [0.05, 0.1) is 6.20 Å². The van der Waals surface area contributed by atoms with Gasteiger partial charge in [-0.1, -0.05) is 0 Å². The smallest absolute Gasteiger partial charge is 0.140 e. The van der Waals surface area contributed by atoms with E-state index in [4.69, 9.17) is 10.00 Å². The van der Waals surface area contributed by atoms with Crippen LogP contribution in [0.3, 0.4) is 0 Å². The molecule has 1 aliphatic rings. The topological polar surface area (TPSA) is 57.9 Å². The van der Waals surface area contributed by atoms with E-state index in [9.17, 15) is 0 Å². The molecule has 2 heterocycles. The van der Waals surface area contributed by atoms with Crippen LogP contribution < -0.4 is 10.1 Å². The van der Waals surface area contributed by atoms with Gasteiger partial charge in [-0.2, -0.15) is 5.26 Å². The second-order valence-electron chi connectivity index (χ2n) is 3.24. The van der Waals surface area contributed by atoms with Crippen LogP contribution in [0.15, 0.2) is 18.3 Å². The zero-order chi connectivity index (χ0) is 9.80. The van der Waals surface area contributed by atoms with E-state index in [1.165, 1.54) is 6.42 Å². The molecule has 0 spiro atoms. The van der Waals surface area contributed by atoms with E-state index in [1.54, 1.807) is 18.3 Å². The number of nitrogens with zero attached hydrogens (tertiary/aromatic N) is 2. The molecular weight excluding hydrogens is 178 g/mol. The Bertz CT molecular complexity index is 337. The van der Waals surface area contributed by atoms with Gasteiger partial charge in [0.2, 0.25) is 0 Å². The summed E-state index contributed by atoms with van der Waals surface area (Å²) in [6.45, 7) is 1.76. The average molecular weight is 189 g/mol. The van der Waals surface area contributed by atoms with E-state index in [0.717, 1.165) is 12.3 Å². The highest BCUT2D eigenvalue weighted by molar-refractivity contribution is 5.26. The number of pyridine rings is 1. The van der Waals surface area contributed by atoms with Crippen LogP contribution in [-0.4, -0.2) is 24.2 Å². The molecule has 1 fully saturated rings. The third-order valence-corrected chi connectivity index (χ3v) is 2.23. The summed E-state index contributed by atoms with van der Waals surface area (Å²) in [5, 5.41) is 11.8. The van der Waals surface area contributed by atoms with E-state index in [2.05, 4.69) is 10.3 Å². The van der Waals surface area contributed by atoms with Crippen molar-refractivity contribution in [2.75, 3.05) is 13.2 Å². The lowest BCUT2D eigenvalue weighted by Gasteiger charge is -2.27. The van der Waals surface area contributed by atoms with Crippen molar-refractivity contribution in [1.82, 2.24) is 10.3 Å². The molecule has 2 rings (SSSR count). The van der Waals surface area contributed by atoms with Gasteiger partial charge in [0, 0.05) is 6.04 Å². The minimum atomic E-state index is 0.416. The molecular formula is C10H11N3O. The highest BCUT2D eigenvalue weighted by Crippen LogP contribution is 2.10. The Balaban J connectivity index is 1.86. The zero-order valence-corrected chi connectivity index (χ0v) is 7.73. The molecule has 1 N–H and O–H groups in total. The minimum Gasteiger partial charge on any atom is -0.490 e. The molecule has 0 aromatic carbocycles. The molecule has 0 aliphatic carbocycles. The summed E-state index contributed by atoms with van der Waals surface area (Å²) >= 11 is 0. The standard InChI is InChI=1S/C10H11N3O/c11-5-8-1-2-10(6-13-8)14-7-9-3-4-12-9/h1-2,6,9,12H,3-4,7H2/t9-/m0/s1. The van der Waals surface area contributed by atoms with Crippen molar-refractivity contribution in [3.63, 3.8) is 0 Å². The molecule has 4 heteroatoms. The molecule has 14 heavy (non-hydrogen) atoms. The van der Waals surface area contributed by atoms with Crippen LogP contribution >= 0.6 is 0 Å². The monoisotopic (exact) mass is 189 g/mol. The van der Waals surface area contributed by atoms with Gasteiger partial charge < -0.3 is 10.1 Å². The van der Waals surface area contributed by atoms with E-state index in [1.807, 2.05) is 6.07 Å². The Morgan fingerprint density at radius 2 is 2.50 bits per heavy atom. The Morgan fingerprint density at radius 3 is 3.00 bits per heavy atom. The largest absolute Gasteiger partial charge is 0.490 e. The van der Waals surface area contributed by atoms with E-state index in [-0.39, 0.29) is 0 Å². The van der Waals surface area contributed by atoms with Crippen molar-refractivity contribution >= 4 is 0 Å². The third-order valence-electron chi connectivity index (χ3n) is 2.23. The van der Waals surface area contributed by atoms with E-state index >= 15 is 0 Å². The van der Waals surface area contributed by atoms with Gasteiger partial charge in [-0.15, -0.1) is 0 Å². The fourth-order valence-corrected chi connectivity index (χ4v) is 1.22. The van der Waals surface area contributed by atoms with Crippen molar-refractivity contribution in [3.8, 4) is 11.8 Å². The summed E-state index contributed by atoms with van der Waals surface area (Å²) in [5.74, 6) is 0.720. The molecule has 1 atom stereocenters. The summed E-state index contributed by atoms with van der Waals surface area (Å²) in [7, 11) is 0. The summed E-state index contributed by atoms with van der Waals surface area (Å²) in [4.78, 5) is 3.91. The van der Waals surface area contributed by atoms with Crippen LogP contribution in [0.25, 0.3) is 0 Å². The van der Waals surface area contributed by atoms with Crippen molar-refractivity contribution in [3.05, 3.63) is 24.0 Å². The van der Waals surface area contributed by atoms with Crippen LogP contribution in [0.1, 0.15) is 12.1 Å². The first-order valence-electron chi connectivity index (χ1n) is 4.61. The number of hydrogen-bond donors (Lipinski definition) is 1. The quantitative estimate of drug-likeness (QED) is 0.760. The predicted octanol–water partition coefficient (Wildman–Crippen LogP) is 0.694. The van der Waals surface area contributed by atoms with Crippen molar-refractivity contribution < 1.29 is 4.74 Å². The molecule has 1 saturated heterocycles. The van der Waals surface area contributed by atoms with Crippen molar-refractivity contribution in [2.24, 2.45) is 0 Å². The summed E-state index contributed by atoms with van der Waals surface area (Å²) in [6, 6.07) is 5.86. The van der Waals surface area contributed by atoms with Gasteiger partial charge in [-0.25, -0.2) is 4.98 Å². The molecule has 0 unspecified atom stereocenters. The van der Waals surface area contributed by atoms with Gasteiger partial charge in [-0.3, -0.25) is 0 Å². The number of nitriles is 1.